The molecule has 3 rings (SSSR count). The first-order chi connectivity index (χ1) is 13.6. The predicted molar refractivity (Wildman–Crippen MR) is 117 cm³/mol. The van der Waals surface area contributed by atoms with Gasteiger partial charge in [-0.15, -0.1) is 0 Å². The number of hydrogen-bond acceptors (Lipinski definition) is 1. The van der Waals surface area contributed by atoms with Crippen molar-refractivity contribution >= 4 is 5.91 Å². The van der Waals surface area contributed by atoms with Gasteiger partial charge in [0.25, 0.3) is 5.91 Å². The normalized spacial score (nSPS) is 11.8. The largest absolute Gasteiger partial charge is 0.345 e. The van der Waals surface area contributed by atoms with Crippen LogP contribution in [0.15, 0.2) is 72.8 Å². The summed E-state index contributed by atoms with van der Waals surface area (Å²) in [6.45, 7) is 6.34. The maximum absolute atomic E-state index is 13.1. The Kier molecular flexibility index (Phi) is 6.65. The van der Waals surface area contributed by atoms with E-state index in [1.807, 2.05) is 24.3 Å². The second-order valence-electron chi connectivity index (χ2n) is 7.42. The maximum Gasteiger partial charge on any atom is 0.252 e. The Morgan fingerprint density at radius 2 is 1.57 bits per heavy atom. The first-order valence-corrected chi connectivity index (χ1v) is 10.1. The number of hydrogen-bond donors (Lipinski definition) is 1. The van der Waals surface area contributed by atoms with Crippen LogP contribution in [-0.2, 0) is 12.8 Å². The van der Waals surface area contributed by atoms with Crippen molar-refractivity contribution in [3.8, 4) is 0 Å². The van der Waals surface area contributed by atoms with Gasteiger partial charge in [-0.05, 0) is 67.0 Å². The van der Waals surface area contributed by atoms with Crippen LogP contribution < -0.4 is 5.32 Å². The fraction of sp³-hybridized carbons (Fsp3) is 0.269. The van der Waals surface area contributed by atoms with Crippen LogP contribution in [0.4, 0.5) is 0 Å². The molecule has 144 valence electrons. The van der Waals surface area contributed by atoms with Crippen LogP contribution in [0.25, 0.3) is 0 Å². The van der Waals surface area contributed by atoms with Gasteiger partial charge in [0.1, 0.15) is 0 Å². The standard InChI is InChI=1S/C26H29NO/c1-4-25(23-16-14-19(2)20(3)18-23)27-26(28)24-13-9-8-12-22(24)17-15-21-10-6-5-7-11-21/h5-14,16,18,25H,4,15,17H2,1-3H3,(H,27,28)/t25-/m0/s1. The molecular weight excluding hydrogens is 342 g/mol. The number of rotatable bonds is 7. The monoisotopic (exact) mass is 371 g/mol. The van der Waals surface area contributed by atoms with E-state index in [0.29, 0.717) is 0 Å². The van der Waals surface area contributed by atoms with Gasteiger partial charge < -0.3 is 5.32 Å². The van der Waals surface area contributed by atoms with Gasteiger partial charge in [0, 0.05) is 5.56 Å². The zero-order chi connectivity index (χ0) is 19.9. The Labute approximate surface area is 168 Å². The van der Waals surface area contributed by atoms with E-state index in [-0.39, 0.29) is 11.9 Å². The zero-order valence-corrected chi connectivity index (χ0v) is 17.0. The Bertz CT molecular complexity index is 930. The average Bonchev–Trinajstić information content (AvgIpc) is 2.73. The SMILES string of the molecule is CC[C@H](NC(=O)c1ccccc1CCc1ccccc1)c1ccc(C)c(C)c1. The molecule has 0 aromatic heterocycles. The van der Waals surface area contributed by atoms with E-state index in [4.69, 9.17) is 0 Å². The first-order valence-electron chi connectivity index (χ1n) is 10.1. The first kappa shape index (κ1) is 19.9. The van der Waals surface area contributed by atoms with Gasteiger partial charge in [-0.3, -0.25) is 4.79 Å². The number of benzene rings is 3. The third kappa shape index (κ3) is 4.89. The molecule has 0 unspecified atom stereocenters. The minimum atomic E-state index is 0.00809. The van der Waals surface area contributed by atoms with Crippen molar-refractivity contribution < 1.29 is 4.79 Å². The summed E-state index contributed by atoms with van der Waals surface area (Å²) in [7, 11) is 0. The summed E-state index contributed by atoms with van der Waals surface area (Å²) in [6.07, 6.45) is 2.65. The van der Waals surface area contributed by atoms with Crippen LogP contribution in [-0.4, -0.2) is 5.91 Å². The highest BCUT2D eigenvalue weighted by Crippen LogP contribution is 2.21. The number of nitrogens with one attached hydrogen (secondary N) is 1. The van der Waals surface area contributed by atoms with Crippen molar-refractivity contribution in [2.75, 3.05) is 0 Å². The highest BCUT2D eigenvalue weighted by atomic mass is 16.1. The second kappa shape index (κ2) is 9.36. The minimum Gasteiger partial charge on any atom is -0.345 e. The molecule has 1 atom stereocenters. The third-order valence-corrected chi connectivity index (χ3v) is 5.43. The van der Waals surface area contributed by atoms with Crippen molar-refractivity contribution in [1.82, 2.24) is 5.32 Å². The topological polar surface area (TPSA) is 29.1 Å². The molecule has 0 spiro atoms. The van der Waals surface area contributed by atoms with Gasteiger partial charge >= 0.3 is 0 Å². The van der Waals surface area contributed by atoms with Crippen LogP contribution in [0, 0.1) is 13.8 Å². The predicted octanol–water partition coefficient (Wildman–Crippen LogP) is 5.97. The van der Waals surface area contributed by atoms with E-state index in [2.05, 4.69) is 74.6 Å². The van der Waals surface area contributed by atoms with Crippen molar-refractivity contribution in [3.63, 3.8) is 0 Å². The van der Waals surface area contributed by atoms with E-state index in [1.54, 1.807) is 0 Å². The fourth-order valence-corrected chi connectivity index (χ4v) is 3.52. The summed E-state index contributed by atoms with van der Waals surface area (Å²) < 4.78 is 0. The Morgan fingerprint density at radius 1 is 0.857 bits per heavy atom. The van der Waals surface area contributed by atoms with Crippen molar-refractivity contribution in [2.24, 2.45) is 0 Å². The third-order valence-electron chi connectivity index (χ3n) is 5.43. The van der Waals surface area contributed by atoms with Crippen LogP contribution in [0.1, 0.15) is 57.6 Å². The molecule has 0 aliphatic carbocycles. The number of aryl methyl sites for hydroxylation is 4. The summed E-state index contributed by atoms with van der Waals surface area (Å²) in [6, 6.07) is 24.8. The lowest BCUT2D eigenvalue weighted by Crippen LogP contribution is -2.29. The van der Waals surface area contributed by atoms with E-state index in [0.717, 1.165) is 30.4 Å². The van der Waals surface area contributed by atoms with Crippen molar-refractivity contribution in [3.05, 3.63) is 106 Å². The molecule has 0 aliphatic rings. The Morgan fingerprint density at radius 3 is 2.29 bits per heavy atom. The molecule has 0 fully saturated rings. The lowest BCUT2D eigenvalue weighted by Gasteiger charge is -2.20. The molecule has 0 aliphatic heterocycles. The minimum absolute atomic E-state index is 0.00809. The summed E-state index contributed by atoms with van der Waals surface area (Å²) >= 11 is 0. The molecule has 2 heteroatoms. The van der Waals surface area contributed by atoms with Gasteiger partial charge in [-0.2, -0.15) is 0 Å². The number of amides is 1. The Balaban J connectivity index is 1.75. The van der Waals surface area contributed by atoms with Crippen molar-refractivity contribution in [1.29, 1.82) is 0 Å². The zero-order valence-electron chi connectivity index (χ0n) is 17.0. The Hall–Kier alpha value is -2.87. The molecule has 0 saturated heterocycles. The molecule has 1 N–H and O–H groups in total. The molecule has 0 bridgehead atoms. The lowest BCUT2D eigenvalue weighted by atomic mass is 9.97. The van der Waals surface area contributed by atoms with Crippen molar-refractivity contribution in [2.45, 2.75) is 46.1 Å². The van der Waals surface area contributed by atoms with Crippen LogP contribution >= 0.6 is 0 Å². The number of carbonyl (C=O) groups is 1. The smallest absolute Gasteiger partial charge is 0.252 e. The van der Waals surface area contributed by atoms with Gasteiger partial charge in [0.2, 0.25) is 0 Å². The highest BCUT2D eigenvalue weighted by Gasteiger charge is 2.17. The molecule has 0 saturated carbocycles. The average molecular weight is 372 g/mol. The molecule has 3 aromatic rings. The van der Waals surface area contributed by atoms with Crippen LogP contribution in [0.2, 0.25) is 0 Å². The van der Waals surface area contributed by atoms with Crippen LogP contribution in [0.3, 0.4) is 0 Å². The molecule has 3 aromatic carbocycles. The molecule has 1 amide bonds. The molecule has 2 nitrogen and oxygen atoms in total. The molecular formula is C26H29NO. The summed E-state index contributed by atoms with van der Waals surface area (Å²) in [5.41, 5.74) is 6.86. The summed E-state index contributed by atoms with van der Waals surface area (Å²) in [5, 5.41) is 3.25. The summed E-state index contributed by atoms with van der Waals surface area (Å²) in [4.78, 5) is 13.1. The fourth-order valence-electron chi connectivity index (χ4n) is 3.52. The molecule has 0 heterocycles. The van der Waals surface area contributed by atoms with Gasteiger partial charge in [0.05, 0.1) is 6.04 Å². The van der Waals surface area contributed by atoms with E-state index >= 15 is 0 Å². The van der Waals surface area contributed by atoms with Gasteiger partial charge in [0.15, 0.2) is 0 Å². The highest BCUT2D eigenvalue weighted by molar-refractivity contribution is 5.96. The van der Waals surface area contributed by atoms with E-state index in [1.165, 1.54) is 22.3 Å². The number of carbonyl (C=O) groups excluding carboxylic acids is 1. The molecule has 28 heavy (non-hydrogen) atoms. The summed E-state index contributed by atoms with van der Waals surface area (Å²) in [5.74, 6) is 0.00809. The quantitative estimate of drug-likeness (QED) is 0.545. The van der Waals surface area contributed by atoms with E-state index < -0.39 is 0 Å². The molecule has 0 radical (unpaired) electrons. The van der Waals surface area contributed by atoms with Gasteiger partial charge in [-0.25, -0.2) is 0 Å². The van der Waals surface area contributed by atoms with E-state index in [9.17, 15) is 4.79 Å². The maximum atomic E-state index is 13.1. The van der Waals surface area contributed by atoms with Gasteiger partial charge in [-0.1, -0.05) is 73.7 Å². The van der Waals surface area contributed by atoms with Crippen LogP contribution in [0.5, 0.6) is 0 Å². The second-order valence-corrected chi connectivity index (χ2v) is 7.42. The lowest BCUT2D eigenvalue weighted by molar-refractivity contribution is 0.0934.